The third-order valence-electron chi connectivity index (χ3n) is 3.77. The molecule has 4 heteroatoms. The molecule has 1 aromatic carbocycles. The van der Waals surface area contributed by atoms with Crippen molar-refractivity contribution in [1.29, 1.82) is 0 Å². The van der Waals surface area contributed by atoms with E-state index in [-0.39, 0.29) is 5.92 Å². The van der Waals surface area contributed by atoms with Crippen LogP contribution in [0.1, 0.15) is 29.2 Å². The third kappa shape index (κ3) is 3.28. The Labute approximate surface area is 125 Å². The predicted molar refractivity (Wildman–Crippen MR) is 85.3 cm³/mol. The van der Waals surface area contributed by atoms with E-state index in [0.29, 0.717) is 6.54 Å². The molecule has 1 aliphatic heterocycles. The topological polar surface area (TPSA) is 63.3 Å². The van der Waals surface area contributed by atoms with Crippen molar-refractivity contribution >= 4 is 5.84 Å². The summed E-state index contributed by atoms with van der Waals surface area (Å²) in [7, 11) is 0. The molecule has 0 aliphatic carbocycles. The van der Waals surface area contributed by atoms with E-state index in [4.69, 9.17) is 5.73 Å². The summed E-state index contributed by atoms with van der Waals surface area (Å²) in [6, 6.07) is 14.5. The Hall–Kier alpha value is -2.20. The summed E-state index contributed by atoms with van der Waals surface area (Å²) in [6.07, 6.45) is 2.70. The Morgan fingerprint density at radius 3 is 2.86 bits per heavy atom. The highest BCUT2D eigenvalue weighted by atomic mass is 15.1. The molecule has 21 heavy (non-hydrogen) atoms. The minimum Gasteiger partial charge on any atom is -0.372 e. The zero-order chi connectivity index (χ0) is 14.5. The summed E-state index contributed by atoms with van der Waals surface area (Å²) < 4.78 is 0. The van der Waals surface area contributed by atoms with Crippen LogP contribution in [0.4, 0.5) is 0 Å². The van der Waals surface area contributed by atoms with Crippen LogP contribution in [0, 0.1) is 0 Å². The number of hydrogen-bond acceptors (Lipinski definition) is 4. The van der Waals surface area contributed by atoms with Gasteiger partial charge in [0.25, 0.3) is 0 Å². The van der Waals surface area contributed by atoms with Crippen molar-refractivity contribution in [3.05, 3.63) is 65.5 Å². The number of hydrogen-bond donors (Lipinski definition) is 2. The molecular formula is C17H20N4. The first-order valence-corrected chi connectivity index (χ1v) is 7.34. The second-order valence-corrected chi connectivity index (χ2v) is 5.22. The monoisotopic (exact) mass is 280 g/mol. The van der Waals surface area contributed by atoms with Crippen molar-refractivity contribution in [1.82, 2.24) is 10.3 Å². The van der Waals surface area contributed by atoms with Gasteiger partial charge in [0.15, 0.2) is 0 Å². The molecule has 2 heterocycles. The first-order valence-electron chi connectivity index (χ1n) is 7.34. The Morgan fingerprint density at radius 1 is 1.19 bits per heavy atom. The van der Waals surface area contributed by atoms with Gasteiger partial charge in [-0.25, -0.2) is 0 Å². The van der Waals surface area contributed by atoms with Crippen LogP contribution in [0.3, 0.4) is 0 Å². The van der Waals surface area contributed by atoms with E-state index in [0.717, 1.165) is 36.6 Å². The number of aliphatic imine (C=N–C) groups is 1. The van der Waals surface area contributed by atoms with Crippen molar-refractivity contribution in [2.75, 3.05) is 13.1 Å². The van der Waals surface area contributed by atoms with Gasteiger partial charge in [-0.3, -0.25) is 9.98 Å². The standard InChI is InChI=1S/C17H20N4/c18-12-13-4-3-5-14(10-13)15(11-17-20-8-9-21-17)16-6-1-2-7-19-16/h1-7,10,15H,8-9,11-12,18H2,(H,20,21). The summed E-state index contributed by atoms with van der Waals surface area (Å²) in [5, 5.41) is 3.35. The Kier molecular flexibility index (Phi) is 4.26. The Bertz CT molecular complexity index is 622. The van der Waals surface area contributed by atoms with E-state index in [1.165, 1.54) is 5.56 Å². The molecule has 0 spiro atoms. The maximum Gasteiger partial charge on any atom is 0.0974 e. The van der Waals surface area contributed by atoms with Gasteiger partial charge in [-0.05, 0) is 23.3 Å². The average molecular weight is 280 g/mol. The molecule has 1 aliphatic rings. The molecule has 0 amide bonds. The second-order valence-electron chi connectivity index (χ2n) is 5.22. The Morgan fingerprint density at radius 2 is 2.14 bits per heavy atom. The molecule has 0 fully saturated rings. The summed E-state index contributed by atoms with van der Waals surface area (Å²) in [5.41, 5.74) is 9.23. The highest BCUT2D eigenvalue weighted by Crippen LogP contribution is 2.27. The van der Waals surface area contributed by atoms with Gasteiger partial charge in [-0.15, -0.1) is 0 Å². The maximum absolute atomic E-state index is 5.77. The minimum absolute atomic E-state index is 0.210. The predicted octanol–water partition coefficient (Wildman–Crippen LogP) is 2.06. The maximum atomic E-state index is 5.77. The van der Waals surface area contributed by atoms with Crippen LogP contribution in [0.15, 0.2) is 53.7 Å². The van der Waals surface area contributed by atoms with Crippen LogP contribution < -0.4 is 11.1 Å². The zero-order valence-corrected chi connectivity index (χ0v) is 12.0. The summed E-state index contributed by atoms with van der Waals surface area (Å²) in [4.78, 5) is 9.06. The second kappa shape index (κ2) is 6.50. The van der Waals surface area contributed by atoms with Gasteiger partial charge in [-0.2, -0.15) is 0 Å². The van der Waals surface area contributed by atoms with Crippen LogP contribution in [0.2, 0.25) is 0 Å². The van der Waals surface area contributed by atoms with Crippen molar-refractivity contribution in [3.63, 3.8) is 0 Å². The van der Waals surface area contributed by atoms with E-state index in [1.807, 2.05) is 18.3 Å². The summed E-state index contributed by atoms with van der Waals surface area (Å²) >= 11 is 0. The van der Waals surface area contributed by atoms with E-state index in [9.17, 15) is 0 Å². The first kappa shape index (κ1) is 13.8. The van der Waals surface area contributed by atoms with E-state index in [2.05, 4.69) is 45.6 Å². The lowest BCUT2D eigenvalue weighted by molar-refractivity contribution is 0.798. The Balaban J connectivity index is 1.94. The lowest BCUT2D eigenvalue weighted by Crippen LogP contribution is -2.21. The molecular weight excluding hydrogens is 260 g/mol. The van der Waals surface area contributed by atoms with E-state index >= 15 is 0 Å². The molecule has 1 aromatic heterocycles. The number of nitrogens with one attached hydrogen (secondary N) is 1. The number of aromatic nitrogens is 1. The number of amidine groups is 1. The quantitative estimate of drug-likeness (QED) is 0.881. The smallest absolute Gasteiger partial charge is 0.0974 e. The van der Waals surface area contributed by atoms with Crippen molar-refractivity contribution < 1.29 is 0 Å². The number of benzene rings is 1. The highest BCUT2D eigenvalue weighted by Gasteiger charge is 2.19. The minimum atomic E-state index is 0.210. The lowest BCUT2D eigenvalue weighted by Gasteiger charge is -2.18. The average Bonchev–Trinajstić information content (AvgIpc) is 3.07. The summed E-state index contributed by atoms with van der Waals surface area (Å²) in [6.45, 7) is 2.36. The molecule has 0 bridgehead atoms. The molecule has 2 aromatic rings. The molecule has 0 saturated carbocycles. The van der Waals surface area contributed by atoms with Gasteiger partial charge >= 0.3 is 0 Å². The fourth-order valence-corrected chi connectivity index (χ4v) is 2.69. The van der Waals surface area contributed by atoms with Gasteiger partial charge in [0.1, 0.15) is 0 Å². The number of nitrogens with zero attached hydrogens (tertiary/aromatic N) is 2. The van der Waals surface area contributed by atoms with Gasteiger partial charge < -0.3 is 11.1 Å². The van der Waals surface area contributed by atoms with Crippen molar-refractivity contribution in [2.45, 2.75) is 18.9 Å². The van der Waals surface area contributed by atoms with Crippen molar-refractivity contribution in [2.24, 2.45) is 10.7 Å². The van der Waals surface area contributed by atoms with E-state index < -0.39 is 0 Å². The number of nitrogens with two attached hydrogens (primary N) is 1. The van der Waals surface area contributed by atoms with Crippen LogP contribution in [-0.4, -0.2) is 23.9 Å². The molecule has 1 unspecified atom stereocenters. The molecule has 1 atom stereocenters. The molecule has 3 rings (SSSR count). The fourth-order valence-electron chi connectivity index (χ4n) is 2.69. The molecule has 3 N–H and O–H groups in total. The van der Waals surface area contributed by atoms with Crippen molar-refractivity contribution in [3.8, 4) is 0 Å². The summed E-state index contributed by atoms with van der Waals surface area (Å²) in [5.74, 6) is 1.28. The number of pyridine rings is 1. The van der Waals surface area contributed by atoms with Crippen LogP contribution in [0.5, 0.6) is 0 Å². The van der Waals surface area contributed by atoms with Crippen LogP contribution in [-0.2, 0) is 6.54 Å². The zero-order valence-electron chi connectivity index (χ0n) is 12.0. The van der Waals surface area contributed by atoms with Crippen LogP contribution >= 0.6 is 0 Å². The largest absolute Gasteiger partial charge is 0.372 e. The van der Waals surface area contributed by atoms with Gasteiger partial charge in [-0.1, -0.05) is 30.3 Å². The van der Waals surface area contributed by atoms with Gasteiger partial charge in [0.2, 0.25) is 0 Å². The molecule has 0 radical (unpaired) electrons. The van der Waals surface area contributed by atoms with Gasteiger partial charge in [0.05, 0.1) is 12.4 Å². The molecule has 0 saturated heterocycles. The molecule has 108 valence electrons. The molecule has 4 nitrogen and oxygen atoms in total. The third-order valence-corrected chi connectivity index (χ3v) is 3.77. The highest BCUT2D eigenvalue weighted by molar-refractivity contribution is 5.84. The number of rotatable bonds is 5. The fraction of sp³-hybridized carbons (Fsp3) is 0.294. The SMILES string of the molecule is NCc1cccc(C(CC2=NCCN2)c2ccccn2)c1. The van der Waals surface area contributed by atoms with Crippen LogP contribution in [0.25, 0.3) is 0 Å². The first-order chi connectivity index (χ1) is 10.4. The van der Waals surface area contributed by atoms with E-state index in [1.54, 1.807) is 0 Å². The normalized spacial score (nSPS) is 15.4. The lowest BCUT2D eigenvalue weighted by atomic mass is 9.90. The van der Waals surface area contributed by atoms with Gasteiger partial charge in [0, 0.05) is 37.3 Å².